The van der Waals surface area contributed by atoms with Gasteiger partial charge in [-0.25, -0.2) is 4.79 Å². The van der Waals surface area contributed by atoms with E-state index in [4.69, 9.17) is 9.47 Å². The van der Waals surface area contributed by atoms with Crippen molar-refractivity contribution in [1.29, 1.82) is 0 Å². The van der Waals surface area contributed by atoms with Gasteiger partial charge in [-0.3, -0.25) is 4.57 Å². The van der Waals surface area contributed by atoms with Crippen LogP contribution in [0, 0.1) is 0 Å². The Labute approximate surface area is 125 Å². The van der Waals surface area contributed by atoms with Crippen LogP contribution in [0.5, 0.6) is 5.75 Å². The summed E-state index contributed by atoms with van der Waals surface area (Å²) in [5, 5.41) is 0.990. The van der Waals surface area contributed by atoms with E-state index in [2.05, 4.69) is 6.92 Å². The van der Waals surface area contributed by atoms with Crippen molar-refractivity contribution in [3.8, 4) is 5.75 Å². The van der Waals surface area contributed by atoms with Crippen LogP contribution in [0.4, 0.5) is 4.79 Å². The van der Waals surface area contributed by atoms with Gasteiger partial charge >= 0.3 is 6.09 Å². The Kier molecular flexibility index (Phi) is 4.56. The van der Waals surface area contributed by atoms with Crippen LogP contribution in [0.2, 0.25) is 0 Å². The zero-order valence-corrected chi connectivity index (χ0v) is 13.2. The van der Waals surface area contributed by atoms with Gasteiger partial charge < -0.3 is 9.47 Å². The van der Waals surface area contributed by atoms with Crippen LogP contribution in [-0.2, 0) is 4.74 Å². The Bertz CT molecular complexity index is 622. The lowest BCUT2D eigenvalue weighted by atomic mass is 10.2. The first-order valence-corrected chi connectivity index (χ1v) is 7.38. The van der Waals surface area contributed by atoms with Gasteiger partial charge in [-0.15, -0.1) is 0 Å². The molecule has 2 rings (SSSR count). The molecule has 0 aliphatic heterocycles. The van der Waals surface area contributed by atoms with Crippen molar-refractivity contribution in [1.82, 2.24) is 4.57 Å². The average molecular weight is 289 g/mol. The molecule has 0 saturated carbocycles. The van der Waals surface area contributed by atoms with Crippen LogP contribution >= 0.6 is 0 Å². The summed E-state index contributed by atoms with van der Waals surface area (Å²) in [6, 6.07) is 7.67. The number of hydrogen-bond donors (Lipinski definition) is 0. The molecule has 0 radical (unpaired) electrons. The zero-order chi connectivity index (χ0) is 15.5. The van der Waals surface area contributed by atoms with E-state index in [1.165, 1.54) is 4.57 Å². The van der Waals surface area contributed by atoms with Crippen LogP contribution in [0.3, 0.4) is 0 Å². The number of benzene rings is 1. The number of rotatable bonds is 4. The molecule has 0 bridgehead atoms. The maximum atomic E-state index is 12.2. The highest BCUT2D eigenvalue weighted by atomic mass is 16.6. The van der Waals surface area contributed by atoms with E-state index in [0.717, 1.165) is 29.5 Å². The molecule has 0 aliphatic carbocycles. The van der Waals surface area contributed by atoms with Crippen molar-refractivity contribution >= 4 is 17.0 Å². The van der Waals surface area contributed by atoms with Gasteiger partial charge in [0.1, 0.15) is 11.4 Å². The Morgan fingerprint density at radius 3 is 2.67 bits per heavy atom. The molecule has 1 aromatic heterocycles. The summed E-state index contributed by atoms with van der Waals surface area (Å²) in [6.45, 7) is 8.39. The predicted octanol–water partition coefficient (Wildman–Crippen LogP) is 4.60. The number of aromatic nitrogens is 1. The third-order valence-corrected chi connectivity index (χ3v) is 3.02. The number of nitrogens with zero attached hydrogens (tertiary/aromatic N) is 1. The molecule has 1 aromatic carbocycles. The minimum atomic E-state index is -0.511. The number of carbonyl (C=O) groups is 1. The Balaban J connectivity index is 2.24. The second-order valence-corrected chi connectivity index (χ2v) is 6.09. The normalized spacial score (nSPS) is 11.6. The van der Waals surface area contributed by atoms with Crippen molar-refractivity contribution in [2.45, 2.75) is 46.1 Å². The smallest absolute Gasteiger partial charge is 0.418 e. The van der Waals surface area contributed by atoms with Gasteiger partial charge in [0.05, 0.1) is 12.1 Å². The number of fused-ring (bicyclic) bond motifs is 1. The average Bonchev–Trinajstić information content (AvgIpc) is 2.80. The van der Waals surface area contributed by atoms with Gasteiger partial charge in [-0.05, 0) is 45.4 Å². The largest absolute Gasteiger partial charge is 0.494 e. The molecular weight excluding hydrogens is 266 g/mol. The summed E-state index contributed by atoms with van der Waals surface area (Å²) in [5.74, 6) is 0.777. The third kappa shape index (κ3) is 4.00. The van der Waals surface area contributed by atoms with Gasteiger partial charge in [-0.1, -0.05) is 13.3 Å². The van der Waals surface area contributed by atoms with Crippen LogP contribution in [0.25, 0.3) is 10.9 Å². The summed E-state index contributed by atoms with van der Waals surface area (Å²) < 4.78 is 12.6. The van der Waals surface area contributed by atoms with Crippen LogP contribution in [0.1, 0.15) is 40.5 Å². The van der Waals surface area contributed by atoms with Crippen molar-refractivity contribution < 1.29 is 14.3 Å². The minimum Gasteiger partial charge on any atom is -0.494 e. The third-order valence-electron chi connectivity index (χ3n) is 3.02. The Morgan fingerprint density at radius 2 is 2.00 bits per heavy atom. The fraction of sp³-hybridized carbons (Fsp3) is 0.471. The highest BCUT2D eigenvalue weighted by Crippen LogP contribution is 2.23. The molecule has 4 nitrogen and oxygen atoms in total. The Hall–Kier alpha value is -1.97. The van der Waals surface area contributed by atoms with Crippen molar-refractivity contribution in [3.05, 3.63) is 30.5 Å². The van der Waals surface area contributed by atoms with Crippen molar-refractivity contribution in [2.24, 2.45) is 0 Å². The molecule has 0 N–H and O–H groups in total. The number of hydrogen-bond acceptors (Lipinski definition) is 3. The second-order valence-electron chi connectivity index (χ2n) is 6.09. The van der Waals surface area contributed by atoms with E-state index in [1.807, 2.05) is 45.0 Å². The fourth-order valence-electron chi connectivity index (χ4n) is 2.00. The highest BCUT2D eigenvalue weighted by Gasteiger charge is 2.19. The molecule has 1 heterocycles. The van der Waals surface area contributed by atoms with E-state index in [0.29, 0.717) is 6.61 Å². The number of ether oxygens (including phenoxy) is 2. The summed E-state index contributed by atoms with van der Waals surface area (Å²) in [5.41, 5.74) is 0.293. The molecule has 114 valence electrons. The molecule has 0 saturated heterocycles. The lowest BCUT2D eigenvalue weighted by Gasteiger charge is -2.19. The first-order chi connectivity index (χ1) is 9.90. The first kappa shape index (κ1) is 15.4. The van der Waals surface area contributed by atoms with E-state index >= 15 is 0 Å². The minimum absolute atomic E-state index is 0.372. The van der Waals surface area contributed by atoms with E-state index in [9.17, 15) is 4.79 Å². The summed E-state index contributed by atoms with van der Waals surface area (Å²) in [6.07, 6.45) is 3.47. The zero-order valence-electron chi connectivity index (χ0n) is 13.2. The topological polar surface area (TPSA) is 40.5 Å². The van der Waals surface area contributed by atoms with Gasteiger partial charge in [0.25, 0.3) is 0 Å². The summed E-state index contributed by atoms with van der Waals surface area (Å²) in [7, 11) is 0. The molecule has 0 atom stereocenters. The highest BCUT2D eigenvalue weighted by molar-refractivity contribution is 5.90. The van der Waals surface area contributed by atoms with Crippen LogP contribution in [-0.4, -0.2) is 22.9 Å². The van der Waals surface area contributed by atoms with E-state index in [-0.39, 0.29) is 6.09 Å². The molecule has 0 spiro atoms. The van der Waals surface area contributed by atoms with Gasteiger partial charge in [-0.2, -0.15) is 0 Å². The maximum Gasteiger partial charge on any atom is 0.418 e. The predicted molar refractivity (Wildman–Crippen MR) is 84.0 cm³/mol. The van der Waals surface area contributed by atoms with Crippen LogP contribution < -0.4 is 4.74 Å². The quantitative estimate of drug-likeness (QED) is 0.772. The van der Waals surface area contributed by atoms with Gasteiger partial charge in [0.15, 0.2) is 0 Å². The lowest BCUT2D eigenvalue weighted by molar-refractivity contribution is 0.0544. The molecule has 4 heteroatoms. The molecule has 0 aliphatic rings. The van der Waals surface area contributed by atoms with Gasteiger partial charge in [0, 0.05) is 17.6 Å². The SMILES string of the molecule is CCCCOc1ccc2ccn(C(=O)OC(C)(C)C)c2c1. The first-order valence-electron chi connectivity index (χ1n) is 7.38. The Morgan fingerprint density at radius 1 is 1.24 bits per heavy atom. The second kappa shape index (κ2) is 6.20. The molecule has 0 unspecified atom stereocenters. The molecule has 2 aromatic rings. The number of unbranched alkanes of at least 4 members (excludes halogenated alkanes) is 1. The summed E-state index contributed by atoms with van der Waals surface area (Å²) >= 11 is 0. The monoisotopic (exact) mass is 289 g/mol. The molecule has 0 amide bonds. The van der Waals surface area contributed by atoms with Crippen molar-refractivity contribution in [3.63, 3.8) is 0 Å². The van der Waals surface area contributed by atoms with Gasteiger partial charge in [0.2, 0.25) is 0 Å². The molecular formula is C17H23NO3. The van der Waals surface area contributed by atoms with Crippen molar-refractivity contribution in [2.75, 3.05) is 6.61 Å². The number of carbonyl (C=O) groups excluding carboxylic acids is 1. The fourth-order valence-corrected chi connectivity index (χ4v) is 2.00. The lowest BCUT2D eigenvalue weighted by Crippen LogP contribution is -2.26. The molecule has 0 fully saturated rings. The standard InChI is InChI=1S/C17H23NO3/c1-5-6-11-20-14-8-7-13-9-10-18(15(13)12-14)16(19)21-17(2,3)4/h7-10,12H,5-6,11H2,1-4H3. The summed E-state index contributed by atoms with van der Waals surface area (Å²) in [4.78, 5) is 12.2. The van der Waals surface area contributed by atoms with Crippen LogP contribution in [0.15, 0.2) is 30.5 Å². The van der Waals surface area contributed by atoms with E-state index < -0.39 is 5.60 Å². The molecule has 21 heavy (non-hydrogen) atoms. The maximum absolute atomic E-state index is 12.2. The van der Waals surface area contributed by atoms with E-state index in [1.54, 1.807) is 6.20 Å².